The molecule has 16 rings (SSSR count). The minimum Gasteiger partial charge on any atom is -0.432 e. The molecular formula is C58H58N10O6. The topological polar surface area (TPSA) is 154 Å². The molecule has 6 saturated heterocycles. The molecule has 8 aliphatic rings. The van der Waals surface area contributed by atoms with Crippen LogP contribution >= 0.6 is 0 Å². The third-order valence-electron chi connectivity index (χ3n) is 16.7. The van der Waals surface area contributed by atoms with Crippen LogP contribution in [0, 0.1) is 5.41 Å². The highest BCUT2D eigenvalue weighted by Crippen LogP contribution is 2.42. The van der Waals surface area contributed by atoms with Gasteiger partial charge in [-0.3, -0.25) is 9.80 Å². The highest BCUT2D eigenvalue weighted by atomic mass is 16.5. The summed E-state index contributed by atoms with van der Waals surface area (Å²) in [6.45, 7) is 13.5. The van der Waals surface area contributed by atoms with E-state index in [1.54, 1.807) is 0 Å². The molecule has 376 valence electrons. The number of anilines is 2. The van der Waals surface area contributed by atoms with Crippen molar-refractivity contribution in [2.75, 3.05) is 102 Å². The van der Waals surface area contributed by atoms with Crippen LogP contribution in [0.2, 0.25) is 0 Å². The number of fused-ring (bicyclic) bond motifs is 10. The Morgan fingerprint density at radius 2 is 1.16 bits per heavy atom. The number of likely N-dealkylation sites (tertiary alicyclic amines) is 2. The Labute approximate surface area is 428 Å². The fraction of sp³-hybridized carbons (Fsp3) is 0.414. The largest absolute Gasteiger partial charge is 0.432 e. The number of morpholine rings is 3. The van der Waals surface area contributed by atoms with Crippen LogP contribution in [-0.4, -0.2) is 144 Å². The van der Waals surface area contributed by atoms with Crippen LogP contribution in [0.1, 0.15) is 52.6 Å². The number of benzene rings is 2. The van der Waals surface area contributed by atoms with E-state index in [1.807, 2.05) is 12.4 Å². The van der Waals surface area contributed by atoms with E-state index < -0.39 is 0 Å². The maximum atomic E-state index is 6.35. The lowest BCUT2D eigenvalue weighted by Crippen LogP contribution is -2.50. The van der Waals surface area contributed by atoms with Crippen molar-refractivity contribution in [3.63, 3.8) is 0 Å². The molecule has 6 aromatic heterocycles. The zero-order valence-corrected chi connectivity index (χ0v) is 41.5. The Bertz CT molecular complexity index is 3540. The Kier molecular flexibility index (Phi) is 11.1. The number of rotatable bonds is 8. The molecule has 16 nitrogen and oxygen atoms in total. The number of ether oxygens (including phenoxy) is 4. The van der Waals surface area contributed by atoms with Crippen molar-refractivity contribution in [2.45, 2.75) is 57.3 Å². The van der Waals surface area contributed by atoms with Crippen LogP contribution in [0.4, 0.5) is 11.6 Å². The van der Waals surface area contributed by atoms with Gasteiger partial charge >= 0.3 is 0 Å². The summed E-state index contributed by atoms with van der Waals surface area (Å²) in [7, 11) is 0. The second-order valence-electron chi connectivity index (χ2n) is 21.4. The summed E-state index contributed by atoms with van der Waals surface area (Å²) in [5.41, 5.74) is 14.3. The summed E-state index contributed by atoms with van der Waals surface area (Å²) in [5, 5.41) is 1.91. The predicted molar refractivity (Wildman–Crippen MR) is 283 cm³/mol. The maximum absolute atomic E-state index is 6.35. The molecule has 0 saturated carbocycles. The van der Waals surface area contributed by atoms with Gasteiger partial charge in [0.1, 0.15) is 11.0 Å². The highest BCUT2D eigenvalue weighted by molar-refractivity contribution is 6.07. The van der Waals surface area contributed by atoms with Gasteiger partial charge < -0.3 is 37.6 Å². The van der Waals surface area contributed by atoms with Gasteiger partial charge in [-0.1, -0.05) is 60.7 Å². The predicted octanol–water partition coefficient (Wildman–Crippen LogP) is 8.27. The van der Waals surface area contributed by atoms with Crippen LogP contribution < -0.4 is 9.80 Å². The van der Waals surface area contributed by atoms with Gasteiger partial charge in [-0.2, -0.15) is 0 Å². The lowest BCUT2D eigenvalue weighted by molar-refractivity contribution is -0.140. The first-order valence-corrected chi connectivity index (χ1v) is 26.6. The lowest BCUT2D eigenvalue weighted by atomic mass is 9.77. The Balaban J connectivity index is 0.000000131. The minimum absolute atomic E-state index is 0.384. The highest BCUT2D eigenvalue weighted by Gasteiger charge is 2.41. The van der Waals surface area contributed by atoms with E-state index in [0.717, 1.165) is 154 Å². The van der Waals surface area contributed by atoms with Crippen LogP contribution in [0.15, 0.2) is 81.9 Å². The molecule has 2 atom stereocenters. The van der Waals surface area contributed by atoms with Crippen molar-refractivity contribution in [3.8, 4) is 22.8 Å². The first-order valence-electron chi connectivity index (χ1n) is 26.6. The number of hydrogen-bond acceptors (Lipinski definition) is 16. The molecule has 12 heterocycles. The molecule has 8 aromatic rings. The summed E-state index contributed by atoms with van der Waals surface area (Å²) in [5.74, 6) is 3.12. The zero-order chi connectivity index (χ0) is 48.7. The number of pyridine rings is 2. The third kappa shape index (κ3) is 7.96. The van der Waals surface area contributed by atoms with Crippen molar-refractivity contribution < 1.29 is 27.8 Å². The van der Waals surface area contributed by atoms with Crippen molar-refractivity contribution in [1.82, 2.24) is 39.7 Å². The molecule has 0 amide bonds. The van der Waals surface area contributed by atoms with Crippen molar-refractivity contribution >= 4 is 68.2 Å². The molecule has 16 heteroatoms. The zero-order valence-electron chi connectivity index (χ0n) is 41.5. The van der Waals surface area contributed by atoms with Crippen LogP contribution in [0.3, 0.4) is 0 Å². The molecule has 0 radical (unpaired) electrons. The van der Waals surface area contributed by atoms with Crippen molar-refractivity contribution in [3.05, 3.63) is 106 Å². The van der Waals surface area contributed by atoms with Gasteiger partial charge in [-0.25, -0.2) is 29.9 Å². The summed E-state index contributed by atoms with van der Waals surface area (Å²) in [6, 6.07) is 17.8. The summed E-state index contributed by atoms with van der Waals surface area (Å²) in [4.78, 5) is 39.4. The minimum atomic E-state index is 0.384. The van der Waals surface area contributed by atoms with Gasteiger partial charge in [-0.05, 0) is 90.7 Å². The van der Waals surface area contributed by atoms with E-state index in [1.165, 1.54) is 46.2 Å². The first kappa shape index (κ1) is 44.8. The quantitative estimate of drug-likeness (QED) is 0.143. The SMILES string of the molecule is C1=Cc2c(cccc2-c2nc(N3CCOCC3)c3oc4ncc(CN5CCC6(CC5)COC6)cc4c3n2)C1.C1=Cc2c(cccc2-c2nc(N3CCOCC3)c3oc4ncc(CN5C[C@@H]6C[C@H]5CO6)cc4c3n2)C1. The third-order valence-corrected chi connectivity index (χ3v) is 16.7. The Hall–Kier alpha value is -6.66. The molecule has 1 spiro atoms. The number of furan rings is 2. The summed E-state index contributed by atoms with van der Waals surface area (Å²) in [6.07, 6.45) is 18.5. The van der Waals surface area contributed by atoms with Gasteiger partial charge in [-0.15, -0.1) is 0 Å². The molecule has 6 fully saturated rings. The van der Waals surface area contributed by atoms with Crippen molar-refractivity contribution in [1.29, 1.82) is 0 Å². The second-order valence-corrected chi connectivity index (χ2v) is 21.4. The normalized spacial score (nSPS) is 22.1. The number of hydrogen-bond donors (Lipinski definition) is 0. The molecule has 74 heavy (non-hydrogen) atoms. The van der Waals surface area contributed by atoms with E-state index in [0.29, 0.717) is 66.6 Å². The number of nitrogens with zero attached hydrogens (tertiary/aromatic N) is 10. The fourth-order valence-electron chi connectivity index (χ4n) is 12.5. The summed E-state index contributed by atoms with van der Waals surface area (Å²) < 4.78 is 35.2. The first-order chi connectivity index (χ1) is 36.5. The number of allylic oxidation sites excluding steroid dienone is 2. The molecule has 2 aliphatic carbocycles. The average Bonchev–Trinajstić information content (AvgIpc) is 4.34. The van der Waals surface area contributed by atoms with Gasteiger partial charge in [0.15, 0.2) is 34.5 Å². The molecule has 2 aromatic carbocycles. The van der Waals surface area contributed by atoms with E-state index in [2.05, 4.69) is 92.4 Å². The van der Waals surface area contributed by atoms with E-state index in [-0.39, 0.29) is 0 Å². The average molecular weight is 991 g/mol. The van der Waals surface area contributed by atoms with E-state index in [4.69, 9.17) is 57.7 Å². The van der Waals surface area contributed by atoms with Crippen LogP contribution in [0.25, 0.3) is 79.3 Å². The van der Waals surface area contributed by atoms with Gasteiger partial charge in [0.2, 0.25) is 11.4 Å². The maximum Gasteiger partial charge on any atom is 0.229 e. The van der Waals surface area contributed by atoms with Crippen molar-refractivity contribution in [2.24, 2.45) is 5.41 Å². The second kappa shape index (κ2) is 18.3. The summed E-state index contributed by atoms with van der Waals surface area (Å²) >= 11 is 0. The monoisotopic (exact) mass is 990 g/mol. The molecular weight excluding hydrogens is 933 g/mol. The molecule has 0 N–H and O–H groups in total. The number of aromatic nitrogens is 6. The van der Waals surface area contributed by atoms with E-state index >= 15 is 0 Å². The van der Waals surface area contributed by atoms with Gasteiger partial charge in [0.25, 0.3) is 0 Å². The van der Waals surface area contributed by atoms with Gasteiger partial charge in [0, 0.05) is 80.8 Å². The van der Waals surface area contributed by atoms with Crippen LogP contribution in [-0.2, 0) is 44.9 Å². The Morgan fingerprint density at radius 3 is 1.66 bits per heavy atom. The standard InChI is InChI=1S/C30H31N5O3.C28H27N5O3/c1-3-21-4-2-6-23(22(21)5-1)27-32-25-24-15-20(17-34-9-7-30(8-10-34)18-37-19-30)16-31-29(24)38-26(25)28(33-27)35-11-13-36-14-12-35;1-3-18-4-2-6-22(21(18)5-1)26-30-24-23-11-17(14-33-15-20-12-19(33)16-35-20)13-29-28(23)36-25(24)27(31-26)32-7-9-34-10-8-32/h1-2,4-6,15-16H,3,7-14,17-19H2;1-2,4-6,11,13,19-20H,3,7-10,12,14-16H2/t;19-,20-/m.0/s1. The Morgan fingerprint density at radius 1 is 0.608 bits per heavy atom. The van der Waals surface area contributed by atoms with E-state index in [9.17, 15) is 0 Å². The van der Waals surface area contributed by atoms with Gasteiger partial charge in [0.05, 0.1) is 63.1 Å². The fourth-order valence-corrected chi connectivity index (χ4v) is 12.5. The molecule has 2 bridgehead atoms. The smallest absolute Gasteiger partial charge is 0.229 e. The number of piperidine rings is 1. The molecule has 0 unspecified atom stereocenters. The van der Waals surface area contributed by atoms with Crippen LogP contribution in [0.5, 0.6) is 0 Å². The molecule has 6 aliphatic heterocycles. The lowest BCUT2D eigenvalue weighted by Gasteiger charge is -2.47.